The second-order valence-electron chi connectivity index (χ2n) is 4.09. The summed E-state index contributed by atoms with van der Waals surface area (Å²) in [4.78, 5) is 21.7. The standard InChI is InChI=1S/C14H9BrClNO5/c15-9-1-6-13(12(16)7-9)22-14(18)8-21-11-4-2-10(3-5-11)17(19)20/h1-7H,8H2. The molecule has 22 heavy (non-hydrogen) atoms. The molecule has 6 nitrogen and oxygen atoms in total. The molecule has 0 radical (unpaired) electrons. The minimum atomic E-state index is -0.637. The molecule has 0 spiro atoms. The molecule has 0 aliphatic heterocycles. The zero-order chi connectivity index (χ0) is 16.1. The van der Waals surface area contributed by atoms with Gasteiger partial charge in [-0.3, -0.25) is 10.1 Å². The third-order valence-electron chi connectivity index (χ3n) is 2.52. The van der Waals surface area contributed by atoms with Crippen LogP contribution in [-0.4, -0.2) is 17.5 Å². The van der Waals surface area contributed by atoms with Gasteiger partial charge in [0.05, 0.1) is 9.95 Å². The molecule has 0 bridgehead atoms. The van der Waals surface area contributed by atoms with E-state index in [2.05, 4.69) is 15.9 Å². The molecule has 0 aliphatic carbocycles. The average Bonchev–Trinajstić information content (AvgIpc) is 2.48. The number of non-ortho nitro benzene ring substituents is 1. The number of nitro benzene ring substituents is 1. The van der Waals surface area contributed by atoms with Crippen molar-refractivity contribution in [3.05, 3.63) is 62.1 Å². The fraction of sp³-hybridized carbons (Fsp3) is 0.0714. The Morgan fingerprint density at radius 3 is 2.50 bits per heavy atom. The normalized spacial score (nSPS) is 10.1. The van der Waals surface area contributed by atoms with Crippen LogP contribution in [0.15, 0.2) is 46.9 Å². The van der Waals surface area contributed by atoms with E-state index in [0.29, 0.717) is 5.75 Å². The summed E-state index contributed by atoms with van der Waals surface area (Å²) < 4.78 is 11.0. The van der Waals surface area contributed by atoms with E-state index in [1.165, 1.54) is 24.3 Å². The maximum absolute atomic E-state index is 11.7. The lowest BCUT2D eigenvalue weighted by molar-refractivity contribution is -0.384. The molecule has 0 heterocycles. The molecule has 0 N–H and O–H groups in total. The van der Waals surface area contributed by atoms with Crippen LogP contribution in [0, 0.1) is 10.1 Å². The smallest absolute Gasteiger partial charge is 0.349 e. The third kappa shape index (κ3) is 4.44. The molecule has 0 fully saturated rings. The van der Waals surface area contributed by atoms with E-state index < -0.39 is 10.9 Å². The number of hydrogen-bond acceptors (Lipinski definition) is 5. The minimum absolute atomic E-state index is 0.0587. The van der Waals surface area contributed by atoms with Crippen molar-refractivity contribution >= 4 is 39.2 Å². The van der Waals surface area contributed by atoms with E-state index in [1.807, 2.05) is 0 Å². The molecule has 2 aromatic rings. The van der Waals surface area contributed by atoms with Crippen molar-refractivity contribution in [1.29, 1.82) is 0 Å². The Bertz CT molecular complexity index is 705. The minimum Gasteiger partial charge on any atom is -0.482 e. The number of esters is 1. The van der Waals surface area contributed by atoms with Crippen molar-refractivity contribution in [3.8, 4) is 11.5 Å². The van der Waals surface area contributed by atoms with Gasteiger partial charge < -0.3 is 9.47 Å². The first-order chi connectivity index (χ1) is 10.5. The first kappa shape index (κ1) is 16.3. The van der Waals surface area contributed by atoms with Crippen molar-refractivity contribution in [2.24, 2.45) is 0 Å². The maximum Gasteiger partial charge on any atom is 0.349 e. The summed E-state index contributed by atoms with van der Waals surface area (Å²) in [5, 5.41) is 10.8. The Labute approximate surface area is 138 Å². The Kier molecular flexibility index (Phi) is 5.35. The van der Waals surface area contributed by atoms with E-state index in [9.17, 15) is 14.9 Å². The molecule has 0 aliphatic rings. The van der Waals surface area contributed by atoms with Crippen LogP contribution >= 0.6 is 27.5 Å². The summed E-state index contributed by atoms with van der Waals surface area (Å²) in [7, 11) is 0. The molecule has 0 saturated carbocycles. The lowest BCUT2D eigenvalue weighted by Gasteiger charge is -2.08. The summed E-state index contributed by atoms with van der Waals surface area (Å²) in [6.45, 7) is -0.343. The Morgan fingerprint density at radius 2 is 1.91 bits per heavy atom. The molecule has 114 valence electrons. The topological polar surface area (TPSA) is 78.7 Å². The highest BCUT2D eigenvalue weighted by atomic mass is 79.9. The second kappa shape index (κ2) is 7.24. The largest absolute Gasteiger partial charge is 0.482 e. The number of carbonyl (C=O) groups excluding carboxylic acids is 1. The van der Waals surface area contributed by atoms with Crippen molar-refractivity contribution < 1.29 is 19.2 Å². The number of ether oxygens (including phenoxy) is 2. The first-order valence-corrected chi connectivity index (χ1v) is 7.16. The lowest BCUT2D eigenvalue weighted by Crippen LogP contribution is -2.17. The van der Waals surface area contributed by atoms with E-state index >= 15 is 0 Å². The molecule has 0 aromatic heterocycles. The predicted octanol–water partition coefficient (Wildman–Crippen LogP) is 4.00. The fourth-order valence-electron chi connectivity index (χ4n) is 1.52. The number of rotatable bonds is 5. The van der Waals surface area contributed by atoms with Crippen LogP contribution in [0.3, 0.4) is 0 Å². The molecule has 8 heteroatoms. The SMILES string of the molecule is O=C(COc1ccc([N+](=O)[O-])cc1)Oc1ccc(Br)cc1Cl. The van der Waals surface area contributed by atoms with Crippen LogP contribution in [0.5, 0.6) is 11.5 Å². The summed E-state index contributed by atoms with van der Waals surface area (Å²) in [5.41, 5.74) is -0.0587. The zero-order valence-corrected chi connectivity index (χ0v) is 13.3. The Morgan fingerprint density at radius 1 is 1.23 bits per heavy atom. The molecule has 0 amide bonds. The van der Waals surface area contributed by atoms with Gasteiger partial charge in [-0.1, -0.05) is 27.5 Å². The van der Waals surface area contributed by atoms with Gasteiger partial charge in [-0.25, -0.2) is 4.79 Å². The number of benzene rings is 2. The quantitative estimate of drug-likeness (QED) is 0.336. The highest BCUT2D eigenvalue weighted by Gasteiger charge is 2.10. The highest BCUT2D eigenvalue weighted by molar-refractivity contribution is 9.10. The lowest BCUT2D eigenvalue weighted by atomic mass is 10.3. The highest BCUT2D eigenvalue weighted by Crippen LogP contribution is 2.27. The molecule has 0 atom stereocenters. The van der Waals surface area contributed by atoms with Crippen molar-refractivity contribution in [3.63, 3.8) is 0 Å². The molecule has 0 saturated heterocycles. The van der Waals surface area contributed by atoms with Gasteiger partial charge in [-0.2, -0.15) is 0 Å². The van der Waals surface area contributed by atoms with Crippen LogP contribution in [-0.2, 0) is 4.79 Å². The number of nitro groups is 1. The van der Waals surface area contributed by atoms with Gasteiger partial charge in [0, 0.05) is 16.6 Å². The van der Waals surface area contributed by atoms with Crippen LogP contribution in [0.1, 0.15) is 0 Å². The van der Waals surface area contributed by atoms with Gasteiger partial charge in [0.25, 0.3) is 5.69 Å². The number of carbonyl (C=O) groups is 1. The van der Waals surface area contributed by atoms with Gasteiger partial charge >= 0.3 is 5.97 Å². The van der Waals surface area contributed by atoms with Gasteiger partial charge in [-0.05, 0) is 30.3 Å². The Balaban J connectivity index is 1.91. The van der Waals surface area contributed by atoms with Crippen LogP contribution in [0.2, 0.25) is 5.02 Å². The summed E-state index contributed by atoms with van der Waals surface area (Å²) in [6, 6.07) is 10.2. The molecular formula is C14H9BrClNO5. The monoisotopic (exact) mass is 385 g/mol. The Hall–Kier alpha value is -2.12. The zero-order valence-electron chi connectivity index (χ0n) is 11.0. The van der Waals surface area contributed by atoms with Gasteiger partial charge in [-0.15, -0.1) is 0 Å². The van der Waals surface area contributed by atoms with E-state index in [-0.39, 0.29) is 23.1 Å². The summed E-state index contributed by atoms with van der Waals surface area (Å²) >= 11 is 9.17. The van der Waals surface area contributed by atoms with E-state index in [0.717, 1.165) is 4.47 Å². The van der Waals surface area contributed by atoms with Gasteiger partial charge in [0.15, 0.2) is 6.61 Å². The fourth-order valence-corrected chi connectivity index (χ4v) is 2.23. The number of nitrogens with zero attached hydrogens (tertiary/aromatic N) is 1. The first-order valence-electron chi connectivity index (χ1n) is 5.98. The maximum atomic E-state index is 11.7. The van der Waals surface area contributed by atoms with Crippen LogP contribution < -0.4 is 9.47 Å². The number of halogens is 2. The average molecular weight is 387 g/mol. The van der Waals surface area contributed by atoms with Crippen molar-refractivity contribution in [2.45, 2.75) is 0 Å². The van der Waals surface area contributed by atoms with E-state index in [4.69, 9.17) is 21.1 Å². The summed E-state index contributed by atoms with van der Waals surface area (Å²) in [6.07, 6.45) is 0. The number of hydrogen-bond donors (Lipinski definition) is 0. The van der Waals surface area contributed by atoms with E-state index in [1.54, 1.807) is 18.2 Å². The van der Waals surface area contributed by atoms with Crippen LogP contribution in [0.4, 0.5) is 5.69 Å². The predicted molar refractivity (Wildman–Crippen MR) is 83.4 cm³/mol. The van der Waals surface area contributed by atoms with Gasteiger partial charge in [0.1, 0.15) is 11.5 Å². The van der Waals surface area contributed by atoms with Crippen LogP contribution in [0.25, 0.3) is 0 Å². The molecule has 2 aromatic carbocycles. The third-order valence-corrected chi connectivity index (χ3v) is 3.31. The van der Waals surface area contributed by atoms with Crippen molar-refractivity contribution in [1.82, 2.24) is 0 Å². The molecular weight excluding hydrogens is 378 g/mol. The van der Waals surface area contributed by atoms with Gasteiger partial charge in [0.2, 0.25) is 0 Å². The van der Waals surface area contributed by atoms with Crippen molar-refractivity contribution in [2.75, 3.05) is 6.61 Å². The molecule has 0 unspecified atom stereocenters. The summed E-state index contributed by atoms with van der Waals surface area (Å²) in [5.74, 6) is -0.0887. The second-order valence-corrected chi connectivity index (χ2v) is 5.41. The molecule has 2 rings (SSSR count).